The van der Waals surface area contributed by atoms with Crippen molar-refractivity contribution in [1.29, 1.82) is 0 Å². The zero-order chi connectivity index (χ0) is 14.8. The number of anilines is 1. The standard InChI is InChI=1S/C16H14N2O2S/c1-21-18-11-7-8-12-13(9-11)20-15(14(12)16(17)19)10-5-3-2-4-6-10/h2-9,18H,1H3,(H2,17,19). The van der Waals surface area contributed by atoms with Gasteiger partial charge in [-0.25, -0.2) is 0 Å². The van der Waals surface area contributed by atoms with Crippen LogP contribution in [-0.2, 0) is 0 Å². The van der Waals surface area contributed by atoms with Gasteiger partial charge in [0.15, 0.2) is 0 Å². The summed E-state index contributed by atoms with van der Waals surface area (Å²) in [7, 11) is 0. The smallest absolute Gasteiger partial charge is 0.253 e. The summed E-state index contributed by atoms with van der Waals surface area (Å²) >= 11 is 1.49. The molecule has 0 unspecified atom stereocenters. The Morgan fingerprint density at radius 1 is 1.19 bits per heavy atom. The predicted octanol–water partition coefficient (Wildman–Crippen LogP) is 3.89. The molecule has 1 heterocycles. The van der Waals surface area contributed by atoms with Gasteiger partial charge in [-0.05, 0) is 12.1 Å². The summed E-state index contributed by atoms with van der Waals surface area (Å²) in [5.74, 6) is 0.0255. The number of primary amides is 1. The number of rotatable bonds is 4. The summed E-state index contributed by atoms with van der Waals surface area (Å²) < 4.78 is 9.02. The molecule has 0 saturated heterocycles. The van der Waals surface area contributed by atoms with Crippen molar-refractivity contribution in [3.8, 4) is 11.3 Å². The Labute approximate surface area is 126 Å². The van der Waals surface area contributed by atoms with Gasteiger partial charge in [0.2, 0.25) is 0 Å². The monoisotopic (exact) mass is 298 g/mol. The van der Waals surface area contributed by atoms with Crippen LogP contribution in [0.5, 0.6) is 0 Å². The molecule has 0 atom stereocenters. The lowest BCUT2D eigenvalue weighted by molar-refractivity contribution is 0.100. The van der Waals surface area contributed by atoms with Gasteiger partial charge in [-0.3, -0.25) is 4.79 Å². The lowest BCUT2D eigenvalue weighted by Crippen LogP contribution is -2.11. The van der Waals surface area contributed by atoms with E-state index in [4.69, 9.17) is 10.2 Å². The maximum Gasteiger partial charge on any atom is 0.253 e. The number of carbonyl (C=O) groups excluding carboxylic acids is 1. The Morgan fingerprint density at radius 3 is 2.62 bits per heavy atom. The molecule has 0 bridgehead atoms. The predicted molar refractivity (Wildman–Crippen MR) is 87.3 cm³/mol. The topological polar surface area (TPSA) is 68.3 Å². The highest BCUT2D eigenvalue weighted by atomic mass is 32.2. The van der Waals surface area contributed by atoms with Crippen molar-refractivity contribution in [3.63, 3.8) is 0 Å². The summed E-state index contributed by atoms with van der Waals surface area (Å²) in [6.07, 6.45) is 1.94. The fourth-order valence-corrected chi connectivity index (χ4v) is 2.68. The van der Waals surface area contributed by atoms with E-state index in [1.165, 1.54) is 11.9 Å². The molecule has 0 aliphatic heterocycles. The average molecular weight is 298 g/mol. The van der Waals surface area contributed by atoms with Crippen molar-refractivity contribution >= 4 is 34.5 Å². The molecule has 0 radical (unpaired) electrons. The maximum absolute atomic E-state index is 11.8. The molecule has 0 aliphatic rings. The van der Waals surface area contributed by atoms with Crippen LogP contribution in [0.15, 0.2) is 52.9 Å². The second-order valence-electron chi connectivity index (χ2n) is 4.55. The van der Waals surface area contributed by atoms with Crippen molar-refractivity contribution in [3.05, 3.63) is 54.1 Å². The van der Waals surface area contributed by atoms with Gasteiger partial charge >= 0.3 is 0 Å². The molecule has 0 aliphatic carbocycles. The van der Waals surface area contributed by atoms with Gasteiger partial charge in [0, 0.05) is 29.0 Å². The first-order chi connectivity index (χ1) is 10.2. The van der Waals surface area contributed by atoms with Crippen LogP contribution in [0.1, 0.15) is 10.4 Å². The van der Waals surface area contributed by atoms with Crippen molar-refractivity contribution in [2.45, 2.75) is 0 Å². The zero-order valence-corrected chi connectivity index (χ0v) is 12.2. The molecule has 3 aromatic rings. The molecule has 2 aromatic carbocycles. The van der Waals surface area contributed by atoms with Crippen LogP contribution in [0.2, 0.25) is 0 Å². The van der Waals surface area contributed by atoms with Crippen molar-refractivity contribution in [1.82, 2.24) is 0 Å². The first-order valence-corrected chi connectivity index (χ1v) is 7.64. The third-order valence-corrected chi connectivity index (χ3v) is 3.63. The van der Waals surface area contributed by atoms with E-state index in [9.17, 15) is 4.79 Å². The summed E-state index contributed by atoms with van der Waals surface area (Å²) in [5.41, 5.74) is 8.36. The lowest BCUT2D eigenvalue weighted by atomic mass is 10.1. The fourth-order valence-electron chi connectivity index (χ4n) is 2.32. The number of furan rings is 1. The number of nitrogens with two attached hydrogens (primary N) is 1. The van der Waals surface area contributed by atoms with Gasteiger partial charge in [-0.1, -0.05) is 42.3 Å². The minimum Gasteiger partial charge on any atom is -0.455 e. The average Bonchev–Trinajstić information content (AvgIpc) is 2.87. The number of nitrogens with one attached hydrogen (secondary N) is 1. The Bertz CT molecular complexity index is 797. The first kappa shape index (κ1) is 13.6. The van der Waals surface area contributed by atoms with Crippen LogP contribution in [0.25, 0.3) is 22.3 Å². The minimum absolute atomic E-state index is 0.423. The van der Waals surface area contributed by atoms with E-state index in [0.29, 0.717) is 16.9 Å². The van der Waals surface area contributed by atoms with Crippen molar-refractivity contribution in [2.75, 3.05) is 11.0 Å². The molecule has 3 N–H and O–H groups in total. The van der Waals surface area contributed by atoms with Crippen LogP contribution < -0.4 is 10.5 Å². The van der Waals surface area contributed by atoms with E-state index in [2.05, 4.69) is 4.72 Å². The van der Waals surface area contributed by atoms with Crippen molar-refractivity contribution in [2.24, 2.45) is 5.73 Å². The Balaban J connectivity index is 2.24. The second kappa shape index (κ2) is 5.54. The second-order valence-corrected chi connectivity index (χ2v) is 5.17. The van der Waals surface area contributed by atoms with Gasteiger partial charge in [-0.2, -0.15) is 0 Å². The molecule has 0 spiro atoms. The summed E-state index contributed by atoms with van der Waals surface area (Å²) in [5, 5.41) is 0.730. The fraction of sp³-hybridized carbons (Fsp3) is 0.0625. The van der Waals surface area contributed by atoms with Gasteiger partial charge in [0.05, 0.1) is 5.56 Å². The highest BCUT2D eigenvalue weighted by Gasteiger charge is 2.20. The van der Waals surface area contributed by atoms with Crippen molar-refractivity contribution < 1.29 is 9.21 Å². The molecule has 106 valence electrons. The third kappa shape index (κ3) is 2.48. The first-order valence-electron chi connectivity index (χ1n) is 6.41. The van der Waals surface area contributed by atoms with Gasteiger partial charge in [-0.15, -0.1) is 0 Å². The Morgan fingerprint density at radius 2 is 1.95 bits per heavy atom. The number of amides is 1. The molecule has 21 heavy (non-hydrogen) atoms. The number of benzene rings is 2. The van der Waals surface area contributed by atoms with E-state index in [1.807, 2.05) is 54.8 Å². The minimum atomic E-state index is -0.488. The molecule has 1 aromatic heterocycles. The Kier molecular flexibility index (Phi) is 3.58. The summed E-state index contributed by atoms with van der Waals surface area (Å²) in [4.78, 5) is 11.8. The Hall–Kier alpha value is -2.40. The SMILES string of the molecule is CSNc1ccc2c(C(N)=O)c(-c3ccccc3)oc2c1. The maximum atomic E-state index is 11.8. The number of hydrogen-bond acceptors (Lipinski definition) is 4. The zero-order valence-electron chi connectivity index (χ0n) is 11.4. The molecular formula is C16H14N2O2S. The molecule has 1 amide bonds. The lowest BCUT2D eigenvalue weighted by Gasteiger charge is -2.00. The highest BCUT2D eigenvalue weighted by molar-refractivity contribution is 7.99. The number of carbonyl (C=O) groups is 1. The quantitative estimate of drug-likeness (QED) is 0.717. The third-order valence-electron chi connectivity index (χ3n) is 3.19. The molecule has 0 fully saturated rings. The number of fused-ring (bicyclic) bond motifs is 1. The van der Waals surface area contributed by atoms with Crippen LogP contribution in [0.3, 0.4) is 0 Å². The van der Waals surface area contributed by atoms with E-state index in [-0.39, 0.29) is 0 Å². The van der Waals surface area contributed by atoms with E-state index >= 15 is 0 Å². The van der Waals surface area contributed by atoms with E-state index in [0.717, 1.165) is 16.6 Å². The van der Waals surface area contributed by atoms with Gasteiger partial charge < -0.3 is 14.9 Å². The number of hydrogen-bond donors (Lipinski definition) is 2. The molecule has 3 rings (SSSR count). The van der Waals surface area contributed by atoms with Crippen LogP contribution in [0.4, 0.5) is 5.69 Å². The molecule has 5 heteroatoms. The summed E-state index contributed by atoms with van der Waals surface area (Å²) in [6.45, 7) is 0. The van der Waals surface area contributed by atoms with Gasteiger partial charge in [0.25, 0.3) is 5.91 Å². The molecule has 0 saturated carbocycles. The van der Waals surface area contributed by atoms with Gasteiger partial charge in [0.1, 0.15) is 11.3 Å². The van der Waals surface area contributed by atoms with E-state index < -0.39 is 5.91 Å². The summed E-state index contributed by atoms with van der Waals surface area (Å²) in [6, 6.07) is 15.1. The highest BCUT2D eigenvalue weighted by Crippen LogP contribution is 2.34. The molecular weight excluding hydrogens is 284 g/mol. The largest absolute Gasteiger partial charge is 0.455 e. The van der Waals surface area contributed by atoms with E-state index in [1.54, 1.807) is 0 Å². The molecule has 4 nitrogen and oxygen atoms in total. The van der Waals surface area contributed by atoms with Crippen LogP contribution >= 0.6 is 11.9 Å². The van der Waals surface area contributed by atoms with Crippen LogP contribution in [-0.4, -0.2) is 12.2 Å². The normalized spacial score (nSPS) is 10.7. The van der Waals surface area contributed by atoms with Crippen LogP contribution in [0, 0.1) is 0 Å².